The molecule has 5 nitrogen and oxygen atoms in total. The highest BCUT2D eigenvalue weighted by Gasteiger charge is 2.35. The minimum absolute atomic E-state index is 0.0348. The third kappa shape index (κ3) is 3.84. The Labute approximate surface area is 138 Å². The van der Waals surface area contributed by atoms with Gasteiger partial charge in [-0.2, -0.15) is 0 Å². The van der Waals surface area contributed by atoms with Gasteiger partial charge in [0.05, 0.1) is 0 Å². The van der Waals surface area contributed by atoms with Crippen LogP contribution in [0, 0.1) is 0 Å². The molecule has 126 valence electrons. The van der Waals surface area contributed by atoms with Crippen molar-refractivity contribution in [2.75, 3.05) is 18.0 Å². The molecular formula is C18H27N3O2. The summed E-state index contributed by atoms with van der Waals surface area (Å²) in [5.41, 5.74) is 2.15. The Bertz CT molecular complexity index is 566. The number of urea groups is 1. The Hall–Kier alpha value is -2.04. The highest BCUT2D eigenvalue weighted by molar-refractivity contribution is 6.00. The minimum atomic E-state index is -0.452. The maximum Gasteiger partial charge on any atom is 0.318 e. The number of carbonyl (C=O) groups excluding carboxylic acids is 2. The van der Waals surface area contributed by atoms with Crippen molar-refractivity contribution in [3.63, 3.8) is 0 Å². The van der Waals surface area contributed by atoms with Crippen molar-refractivity contribution in [3.05, 3.63) is 29.8 Å². The van der Waals surface area contributed by atoms with Gasteiger partial charge in [0.2, 0.25) is 5.91 Å². The SMILES string of the molecule is CC(C)NC(=O)N1CCN(c2ccc(C(C)C)cc2)C(=O)[C@H]1C. The third-order valence-electron chi connectivity index (χ3n) is 4.20. The summed E-state index contributed by atoms with van der Waals surface area (Å²) in [4.78, 5) is 28.2. The van der Waals surface area contributed by atoms with Gasteiger partial charge in [0, 0.05) is 24.8 Å². The molecule has 2 rings (SSSR count). The van der Waals surface area contributed by atoms with Gasteiger partial charge in [-0.05, 0) is 44.4 Å². The Morgan fingerprint density at radius 3 is 2.26 bits per heavy atom. The summed E-state index contributed by atoms with van der Waals surface area (Å²) in [6.45, 7) is 11.0. The van der Waals surface area contributed by atoms with Crippen molar-refractivity contribution in [1.29, 1.82) is 0 Å². The van der Waals surface area contributed by atoms with Crippen LogP contribution in [0.15, 0.2) is 24.3 Å². The standard InChI is InChI=1S/C18H27N3O2/c1-12(2)15-6-8-16(9-7-15)21-11-10-20(14(5)17(21)22)18(23)19-13(3)4/h6-9,12-14H,10-11H2,1-5H3,(H,19,23)/t14-/m1/s1. The van der Waals surface area contributed by atoms with Crippen LogP contribution in [0.1, 0.15) is 46.1 Å². The quantitative estimate of drug-likeness (QED) is 0.932. The van der Waals surface area contributed by atoms with E-state index in [-0.39, 0.29) is 18.0 Å². The predicted octanol–water partition coefficient (Wildman–Crippen LogP) is 2.97. The summed E-state index contributed by atoms with van der Waals surface area (Å²) >= 11 is 0. The zero-order chi connectivity index (χ0) is 17.1. The normalized spacial score (nSPS) is 18.7. The molecule has 1 N–H and O–H groups in total. The lowest BCUT2D eigenvalue weighted by Crippen LogP contribution is -2.60. The summed E-state index contributed by atoms with van der Waals surface area (Å²) in [6, 6.07) is 7.55. The van der Waals surface area contributed by atoms with Crippen molar-refractivity contribution in [3.8, 4) is 0 Å². The van der Waals surface area contributed by atoms with Crippen LogP contribution in [0.5, 0.6) is 0 Å². The molecule has 5 heteroatoms. The van der Waals surface area contributed by atoms with Crippen molar-refractivity contribution in [1.82, 2.24) is 10.2 Å². The third-order valence-corrected chi connectivity index (χ3v) is 4.20. The van der Waals surface area contributed by atoms with Crippen molar-refractivity contribution < 1.29 is 9.59 Å². The van der Waals surface area contributed by atoms with E-state index >= 15 is 0 Å². The second kappa shape index (κ2) is 7.02. The minimum Gasteiger partial charge on any atom is -0.336 e. The van der Waals surface area contributed by atoms with Gasteiger partial charge in [-0.3, -0.25) is 4.79 Å². The number of carbonyl (C=O) groups is 2. The molecule has 0 bridgehead atoms. The van der Waals surface area contributed by atoms with Crippen LogP contribution >= 0.6 is 0 Å². The van der Waals surface area contributed by atoms with Crippen molar-refractivity contribution in [2.45, 2.75) is 52.6 Å². The second-order valence-electron chi connectivity index (χ2n) is 6.71. The van der Waals surface area contributed by atoms with E-state index < -0.39 is 6.04 Å². The van der Waals surface area contributed by atoms with Crippen molar-refractivity contribution in [2.24, 2.45) is 0 Å². The van der Waals surface area contributed by atoms with Crippen LogP contribution in [0.4, 0.5) is 10.5 Å². The van der Waals surface area contributed by atoms with Crippen LogP contribution < -0.4 is 10.2 Å². The maximum atomic E-state index is 12.6. The Morgan fingerprint density at radius 1 is 1.13 bits per heavy atom. The first-order valence-corrected chi connectivity index (χ1v) is 8.29. The molecule has 1 aromatic rings. The fourth-order valence-corrected chi connectivity index (χ4v) is 2.77. The molecule has 0 aromatic heterocycles. The lowest BCUT2D eigenvalue weighted by atomic mass is 10.0. The highest BCUT2D eigenvalue weighted by atomic mass is 16.2. The molecule has 0 radical (unpaired) electrons. The molecule has 1 aliphatic rings. The number of hydrogen-bond donors (Lipinski definition) is 1. The second-order valence-corrected chi connectivity index (χ2v) is 6.71. The average molecular weight is 317 g/mol. The number of anilines is 1. The summed E-state index contributed by atoms with van der Waals surface area (Å²) in [6.07, 6.45) is 0. The molecule has 1 saturated heterocycles. The summed E-state index contributed by atoms with van der Waals surface area (Å²) in [5.74, 6) is 0.433. The molecule has 0 aliphatic carbocycles. The molecule has 3 amide bonds. The number of rotatable bonds is 3. The zero-order valence-corrected chi connectivity index (χ0v) is 14.7. The van der Waals surface area contributed by atoms with Crippen molar-refractivity contribution >= 4 is 17.6 Å². The van der Waals surface area contributed by atoms with Crippen LogP contribution in [0.3, 0.4) is 0 Å². The van der Waals surface area contributed by atoms with E-state index in [1.807, 2.05) is 26.0 Å². The molecular weight excluding hydrogens is 290 g/mol. The lowest BCUT2D eigenvalue weighted by molar-refractivity contribution is -0.124. The number of piperazine rings is 1. The molecule has 0 spiro atoms. The fraction of sp³-hybridized carbons (Fsp3) is 0.556. The number of nitrogens with zero attached hydrogens (tertiary/aromatic N) is 2. The monoisotopic (exact) mass is 317 g/mol. The van der Waals surface area contributed by atoms with Gasteiger partial charge >= 0.3 is 6.03 Å². The Morgan fingerprint density at radius 2 is 1.74 bits per heavy atom. The van der Waals surface area contributed by atoms with E-state index in [0.717, 1.165) is 5.69 Å². The van der Waals surface area contributed by atoms with Gasteiger partial charge in [0.15, 0.2) is 0 Å². The molecule has 1 atom stereocenters. The average Bonchev–Trinajstić information content (AvgIpc) is 2.49. The van der Waals surface area contributed by atoms with E-state index in [1.165, 1.54) is 5.56 Å². The van der Waals surface area contributed by atoms with Gasteiger partial charge in [0.1, 0.15) is 6.04 Å². The largest absolute Gasteiger partial charge is 0.336 e. The van der Waals surface area contributed by atoms with E-state index in [9.17, 15) is 9.59 Å². The molecule has 0 saturated carbocycles. The summed E-state index contributed by atoms with van der Waals surface area (Å²) in [7, 11) is 0. The van der Waals surface area contributed by atoms with E-state index in [4.69, 9.17) is 0 Å². The predicted molar refractivity (Wildman–Crippen MR) is 92.7 cm³/mol. The highest BCUT2D eigenvalue weighted by Crippen LogP contribution is 2.23. The summed E-state index contributed by atoms with van der Waals surface area (Å²) in [5, 5.41) is 2.85. The van der Waals surface area contributed by atoms with Gasteiger partial charge in [-0.15, -0.1) is 0 Å². The number of benzene rings is 1. The van der Waals surface area contributed by atoms with E-state index in [0.29, 0.717) is 19.0 Å². The molecule has 1 aromatic carbocycles. The molecule has 1 aliphatic heterocycles. The van der Waals surface area contributed by atoms with E-state index in [1.54, 1.807) is 16.7 Å². The first kappa shape index (κ1) is 17.3. The molecule has 1 heterocycles. The Balaban J connectivity index is 2.10. The van der Waals surface area contributed by atoms with Crippen LogP contribution in [0.25, 0.3) is 0 Å². The fourth-order valence-electron chi connectivity index (χ4n) is 2.77. The number of amides is 3. The summed E-state index contributed by atoms with van der Waals surface area (Å²) < 4.78 is 0. The van der Waals surface area contributed by atoms with Crippen LogP contribution in [0.2, 0.25) is 0 Å². The van der Waals surface area contributed by atoms with Gasteiger partial charge in [-0.25, -0.2) is 4.79 Å². The first-order valence-electron chi connectivity index (χ1n) is 8.29. The molecule has 23 heavy (non-hydrogen) atoms. The van der Waals surface area contributed by atoms with E-state index in [2.05, 4.69) is 31.3 Å². The molecule has 1 fully saturated rings. The number of nitrogens with one attached hydrogen (secondary N) is 1. The first-order chi connectivity index (χ1) is 10.8. The smallest absolute Gasteiger partial charge is 0.318 e. The van der Waals surface area contributed by atoms with Crippen LogP contribution in [-0.4, -0.2) is 42.0 Å². The lowest BCUT2D eigenvalue weighted by Gasteiger charge is -2.39. The van der Waals surface area contributed by atoms with Crippen LogP contribution in [-0.2, 0) is 4.79 Å². The van der Waals surface area contributed by atoms with Gasteiger partial charge < -0.3 is 15.1 Å². The Kier molecular flexibility index (Phi) is 5.29. The van der Waals surface area contributed by atoms with Gasteiger partial charge in [0.25, 0.3) is 0 Å². The zero-order valence-electron chi connectivity index (χ0n) is 14.7. The topological polar surface area (TPSA) is 52.7 Å². The number of hydrogen-bond acceptors (Lipinski definition) is 2. The molecule has 0 unspecified atom stereocenters. The maximum absolute atomic E-state index is 12.6. The van der Waals surface area contributed by atoms with Gasteiger partial charge in [-0.1, -0.05) is 26.0 Å².